The van der Waals surface area contributed by atoms with Crippen molar-refractivity contribution in [1.82, 2.24) is 4.98 Å². The van der Waals surface area contributed by atoms with Crippen molar-refractivity contribution in [1.29, 1.82) is 0 Å². The zero-order valence-electron chi connectivity index (χ0n) is 20.3. The van der Waals surface area contributed by atoms with Crippen LogP contribution < -0.4 is 20.7 Å². The molecule has 0 radical (unpaired) electrons. The molecule has 6 rings (SSSR count). The molecule has 0 aliphatic carbocycles. The van der Waals surface area contributed by atoms with Crippen LogP contribution in [0, 0.1) is 6.57 Å². The molecule has 5 aromatic carbocycles. The van der Waals surface area contributed by atoms with Gasteiger partial charge in [-0.05, 0) is 44.0 Å². The molecule has 174 valence electrons. The summed E-state index contributed by atoms with van der Waals surface area (Å²) in [6.07, 6.45) is 1.84. The van der Waals surface area contributed by atoms with E-state index in [4.69, 9.17) is 6.57 Å². The smallest absolute Gasteiger partial charge is 0.187 e. The van der Waals surface area contributed by atoms with E-state index < -0.39 is 8.07 Å². The lowest BCUT2D eigenvalue weighted by Crippen LogP contribution is -2.74. The van der Waals surface area contributed by atoms with E-state index in [2.05, 4.69) is 131 Å². The highest BCUT2D eigenvalue weighted by Gasteiger charge is 2.41. The maximum atomic E-state index is 7.45. The average Bonchev–Trinajstić information content (AvgIpc) is 2.99. The Morgan fingerprint density at radius 1 is 0.514 bits per heavy atom. The fraction of sp³-hybridized carbons (Fsp3) is 0. The second-order valence-electron chi connectivity index (χ2n) is 9.13. The van der Waals surface area contributed by atoms with Gasteiger partial charge in [0.2, 0.25) is 0 Å². The van der Waals surface area contributed by atoms with Crippen molar-refractivity contribution >= 4 is 45.4 Å². The first-order valence-corrected chi connectivity index (χ1v) is 14.3. The Balaban J connectivity index is 1.57. The first-order valence-electron chi connectivity index (χ1n) is 12.3. The van der Waals surface area contributed by atoms with Crippen LogP contribution in [0.3, 0.4) is 0 Å². The Morgan fingerprint density at radius 2 is 1.05 bits per heavy atom. The third kappa shape index (κ3) is 4.04. The molecule has 0 amide bonds. The highest BCUT2D eigenvalue weighted by molar-refractivity contribution is 7.19. The summed E-state index contributed by atoms with van der Waals surface area (Å²) in [6, 6.07) is 49.5. The van der Waals surface area contributed by atoms with E-state index in [0.717, 1.165) is 16.5 Å². The Kier molecular flexibility index (Phi) is 5.94. The van der Waals surface area contributed by atoms with Gasteiger partial charge in [0.1, 0.15) is 0 Å². The molecule has 1 aromatic heterocycles. The van der Waals surface area contributed by atoms with Gasteiger partial charge in [0, 0.05) is 11.6 Å². The third-order valence-electron chi connectivity index (χ3n) is 7.10. The molecule has 0 saturated carbocycles. The number of fused-ring (bicyclic) bond motifs is 1. The van der Waals surface area contributed by atoms with Gasteiger partial charge in [0.25, 0.3) is 0 Å². The van der Waals surface area contributed by atoms with Gasteiger partial charge in [0.15, 0.2) is 13.8 Å². The standard InChI is InChI=1S/C34H24N2Si/c1-35-29-18-22-33(23-19-29)37(30-10-4-2-5-11-30,31-12-6-3-7-13-31)32-20-16-26(17-21-32)28-15-14-27-9-8-24-36-34(27)25-28/h2-25H. The van der Waals surface area contributed by atoms with Gasteiger partial charge in [-0.25, -0.2) is 4.85 Å². The molecule has 37 heavy (non-hydrogen) atoms. The summed E-state index contributed by atoms with van der Waals surface area (Å²) in [6.45, 7) is 7.45. The van der Waals surface area contributed by atoms with Crippen LogP contribution in [0.2, 0.25) is 0 Å². The molecule has 6 aromatic rings. The number of hydrogen-bond acceptors (Lipinski definition) is 1. The number of aromatic nitrogens is 1. The summed E-state index contributed by atoms with van der Waals surface area (Å²) in [4.78, 5) is 8.18. The molecule has 1 heterocycles. The minimum Gasteiger partial charge on any atom is -0.256 e. The van der Waals surface area contributed by atoms with Crippen molar-refractivity contribution in [3.63, 3.8) is 0 Å². The van der Waals surface area contributed by atoms with Crippen molar-refractivity contribution < 1.29 is 0 Å². The van der Waals surface area contributed by atoms with E-state index in [1.807, 2.05) is 24.4 Å². The number of pyridine rings is 1. The summed E-state index contributed by atoms with van der Waals surface area (Å²) >= 11 is 0. The quantitative estimate of drug-likeness (QED) is 0.170. The van der Waals surface area contributed by atoms with Gasteiger partial charge in [0.05, 0.1) is 12.1 Å². The molecular weight excluding hydrogens is 464 g/mol. The SMILES string of the molecule is [C-]#[N+]c1ccc([Si](c2ccccc2)(c2ccccc2)c2ccc(-c3ccc4cccnc4c3)cc2)cc1. The van der Waals surface area contributed by atoms with Crippen molar-refractivity contribution in [2.75, 3.05) is 0 Å². The summed E-state index contributed by atoms with van der Waals surface area (Å²) in [5.41, 5.74) is 3.99. The molecule has 3 heteroatoms. The number of rotatable bonds is 5. The highest BCUT2D eigenvalue weighted by atomic mass is 28.3. The van der Waals surface area contributed by atoms with E-state index in [1.165, 1.54) is 26.3 Å². The van der Waals surface area contributed by atoms with Crippen molar-refractivity contribution in [3.8, 4) is 11.1 Å². The number of nitrogens with zero attached hydrogens (tertiary/aromatic N) is 2. The van der Waals surface area contributed by atoms with Gasteiger partial charge in [-0.15, -0.1) is 0 Å². The molecular formula is C34H24N2Si. The van der Waals surface area contributed by atoms with Crippen molar-refractivity contribution in [2.24, 2.45) is 0 Å². The van der Waals surface area contributed by atoms with Crippen molar-refractivity contribution in [3.05, 3.63) is 157 Å². The molecule has 2 nitrogen and oxygen atoms in total. The first kappa shape index (κ1) is 22.7. The van der Waals surface area contributed by atoms with Gasteiger partial charge < -0.3 is 0 Å². The molecule has 0 spiro atoms. The molecule has 0 N–H and O–H groups in total. The van der Waals surface area contributed by atoms with Gasteiger partial charge >= 0.3 is 0 Å². The minimum absolute atomic E-state index is 0.660. The lowest BCUT2D eigenvalue weighted by Gasteiger charge is -2.34. The topological polar surface area (TPSA) is 17.2 Å². The van der Waals surface area contributed by atoms with Crippen LogP contribution in [0.1, 0.15) is 0 Å². The van der Waals surface area contributed by atoms with Crippen molar-refractivity contribution in [2.45, 2.75) is 0 Å². The Morgan fingerprint density at radius 3 is 1.65 bits per heavy atom. The zero-order chi connectivity index (χ0) is 25.1. The van der Waals surface area contributed by atoms with Gasteiger partial charge in [-0.3, -0.25) is 4.98 Å². The molecule has 0 fully saturated rings. The van der Waals surface area contributed by atoms with E-state index >= 15 is 0 Å². The van der Waals surface area contributed by atoms with Gasteiger partial charge in [-0.2, -0.15) is 0 Å². The summed E-state index contributed by atoms with van der Waals surface area (Å²) in [5, 5.41) is 6.35. The normalized spacial score (nSPS) is 11.2. The van der Waals surface area contributed by atoms with E-state index in [0.29, 0.717) is 5.69 Å². The second kappa shape index (κ2) is 9.70. The predicted octanol–water partition coefficient (Wildman–Crippen LogP) is 5.83. The predicted molar refractivity (Wildman–Crippen MR) is 157 cm³/mol. The van der Waals surface area contributed by atoms with Crippen LogP contribution in [0.25, 0.3) is 26.9 Å². The van der Waals surface area contributed by atoms with E-state index in [1.54, 1.807) is 0 Å². The van der Waals surface area contributed by atoms with Crippen LogP contribution in [0.4, 0.5) is 5.69 Å². The maximum Gasteiger partial charge on any atom is 0.187 e. The molecule has 0 atom stereocenters. The van der Waals surface area contributed by atoms with Crippen LogP contribution in [-0.4, -0.2) is 13.1 Å². The molecule has 0 aliphatic rings. The Hall–Kier alpha value is -4.78. The Labute approximate surface area is 218 Å². The zero-order valence-corrected chi connectivity index (χ0v) is 21.3. The molecule has 0 bridgehead atoms. The monoisotopic (exact) mass is 488 g/mol. The largest absolute Gasteiger partial charge is 0.256 e. The average molecular weight is 489 g/mol. The maximum absolute atomic E-state index is 7.45. The lowest BCUT2D eigenvalue weighted by molar-refractivity contribution is 1.41. The summed E-state index contributed by atoms with van der Waals surface area (Å²) in [7, 11) is -2.62. The van der Waals surface area contributed by atoms with Crippen LogP contribution in [0.5, 0.6) is 0 Å². The highest BCUT2D eigenvalue weighted by Crippen LogP contribution is 2.23. The molecule has 0 saturated heterocycles. The van der Waals surface area contributed by atoms with E-state index in [-0.39, 0.29) is 0 Å². The van der Waals surface area contributed by atoms with Crippen LogP contribution in [-0.2, 0) is 0 Å². The lowest BCUT2D eigenvalue weighted by atomic mass is 10.0. The fourth-order valence-electron chi connectivity index (χ4n) is 5.32. The molecule has 0 aliphatic heterocycles. The number of benzene rings is 5. The van der Waals surface area contributed by atoms with E-state index in [9.17, 15) is 0 Å². The first-order chi connectivity index (χ1) is 18.3. The summed E-state index contributed by atoms with van der Waals surface area (Å²) in [5.74, 6) is 0. The summed E-state index contributed by atoms with van der Waals surface area (Å²) < 4.78 is 0. The van der Waals surface area contributed by atoms with Crippen LogP contribution >= 0.6 is 0 Å². The molecule has 0 unspecified atom stereocenters. The minimum atomic E-state index is -2.62. The van der Waals surface area contributed by atoms with Gasteiger partial charge in [-0.1, -0.05) is 127 Å². The second-order valence-corrected chi connectivity index (χ2v) is 12.9. The fourth-order valence-corrected chi connectivity index (χ4v) is 10.0. The number of hydrogen-bond donors (Lipinski definition) is 0. The Bertz CT molecular complexity index is 1660. The third-order valence-corrected chi connectivity index (χ3v) is 11.9. The van der Waals surface area contributed by atoms with Crippen LogP contribution in [0.15, 0.2) is 146 Å².